The van der Waals surface area contributed by atoms with Gasteiger partial charge in [0.05, 0.1) is 35.3 Å². The van der Waals surface area contributed by atoms with Gasteiger partial charge in [-0.1, -0.05) is 12.1 Å². The van der Waals surface area contributed by atoms with Crippen LogP contribution in [0, 0.1) is 21.4 Å². The van der Waals surface area contributed by atoms with Crippen LogP contribution in [0.1, 0.15) is 51.7 Å². The molecule has 2 aromatic rings. The van der Waals surface area contributed by atoms with Crippen molar-refractivity contribution in [2.24, 2.45) is 0 Å². The van der Waals surface area contributed by atoms with Gasteiger partial charge in [0.1, 0.15) is 0 Å². The number of carbonyl (C=O) groups is 2. The van der Waals surface area contributed by atoms with E-state index in [2.05, 4.69) is 4.74 Å². The summed E-state index contributed by atoms with van der Waals surface area (Å²) in [5.74, 6) is -1.21. The molecule has 144 valence electrons. The van der Waals surface area contributed by atoms with Crippen molar-refractivity contribution < 1.29 is 19.2 Å². The standard InChI is InChI=1S/C20H19N3O5/c1-4-22(13(2)15-7-5-14(12-21)6-8-15)19(24)16-9-17(20(25)28-3)11-18(10-16)23(26)27/h5-11,13H,4H2,1-3H3. The van der Waals surface area contributed by atoms with Gasteiger partial charge < -0.3 is 9.64 Å². The number of rotatable bonds is 6. The molecule has 0 saturated carbocycles. The molecular formula is C20H19N3O5. The van der Waals surface area contributed by atoms with E-state index in [0.717, 1.165) is 24.8 Å². The van der Waals surface area contributed by atoms with Crippen LogP contribution in [0.4, 0.5) is 5.69 Å². The summed E-state index contributed by atoms with van der Waals surface area (Å²) < 4.78 is 4.62. The SMILES string of the molecule is CCN(C(=O)c1cc(C(=O)OC)cc([N+](=O)[O-])c1)C(C)c1ccc(C#N)cc1. The lowest BCUT2D eigenvalue weighted by molar-refractivity contribution is -0.384. The normalized spacial score (nSPS) is 11.2. The van der Waals surface area contributed by atoms with Crippen LogP contribution < -0.4 is 0 Å². The first-order valence-electron chi connectivity index (χ1n) is 8.51. The predicted molar refractivity (Wildman–Crippen MR) is 101 cm³/mol. The van der Waals surface area contributed by atoms with Gasteiger partial charge in [0.2, 0.25) is 0 Å². The van der Waals surface area contributed by atoms with Gasteiger partial charge in [-0.05, 0) is 37.6 Å². The smallest absolute Gasteiger partial charge is 0.338 e. The molecule has 0 saturated heterocycles. The topological polar surface area (TPSA) is 114 Å². The number of benzene rings is 2. The van der Waals surface area contributed by atoms with Gasteiger partial charge in [-0.25, -0.2) is 4.79 Å². The van der Waals surface area contributed by atoms with E-state index in [1.165, 1.54) is 11.0 Å². The molecule has 0 aromatic heterocycles. The third-order valence-corrected chi connectivity index (χ3v) is 4.39. The van der Waals surface area contributed by atoms with Gasteiger partial charge in [0.25, 0.3) is 11.6 Å². The van der Waals surface area contributed by atoms with Gasteiger partial charge in [0, 0.05) is 24.2 Å². The van der Waals surface area contributed by atoms with Crippen LogP contribution in [0.25, 0.3) is 0 Å². The maximum absolute atomic E-state index is 13.1. The third kappa shape index (κ3) is 4.32. The Labute approximate surface area is 162 Å². The summed E-state index contributed by atoms with van der Waals surface area (Å²) in [6.07, 6.45) is 0. The molecule has 0 heterocycles. The molecular weight excluding hydrogens is 362 g/mol. The van der Waals surface area contributed by atoms with Crippen LogP contribution in [0.15, 0.2) is 42.5 Å². The summed E-state index contributed by atoms with van der Waals surface area (Å²) in [6.45, 7) is 3.95. The molecule has 2 rings (SSSR count). The van der Waals surface area contributed by atoms with Crippen molar-refractivity contribution in [3.05, 3.63) is 74.8 Å². The van der Waals surface area contributed by atoms with Gasteiger partial charge in [-0.2, -0.15) is 5.26 Å². The first kappa shape index (κ1) is 20.6. The number of carbonyl (C=O) groups excluding carboxylic acids is 2. The fourth-order valence-corrected chi connectivity index (χ4v) is 2.85. The minimum absolute atomic E-state index is 0.0249. The Kier molecular flexibility index (Phi) is 6.45. The Morgan fingerprint density at radius 2 is 1.82 bits per heavy atom. The van der Waals surface area contributed by atoms with E-state index in [4.69, 9.17) is 5.26 Å². The van der Waals surface area contributed by atoms with E-state index in [9.17, 15) is 19.7 Å². The fraction of sp³-hybridized carbons (Fsp3) is 0.250. The molecule has 0 N–H and O–H groups in total. The van der Waals surface area contributed by atoms with Crippen LogP contribution in [0.5, 0.6) is 0 Å². The van der Waals surface area contributed by atoms with Crippen LogP contribution in [0.3, 0.4) is 0 Å². The molecule has 0 aliphatic carbocycles. The molecule has 0 fully saturated rings. The van der Waals surface area contributed by atoms with Gasteiger partial charge >= 0.3 is 5.97 Å². The molecule has 0 bridgehead atoms. The first-order valence-corrected chi connectivity index (χ1v) is 8.51. The zero-order valence-corrected chi connectivity index (χ0v) is 15.7. The van der Waals surface area contributed by atoms with E-state index in [-0.39, 0.29) is 22.9 Å². The van der Waals surface area contributed by atoms with Gasteiger partial charge in [-0.3, -0.25) is 14.9 Å². The maximum Gasteiger partial charge on any atom is 0.338 e. The summed E-state index contributed by atoms with van der Waals surface area (Å²) in [7, 11) is 1.16. The number of methoxy groups -OCH3 is 1. The van der Waals surface area contributed by atoms with Gasteiger partial charge in [-0.15, -0.1) is 0 Å². The van der Waals surface area contributed by atoms with Gasteiger partial charge in [0.15, 0.2) is 0 Å². The quantitative estimate of drug-likeness (QED) is 0.430. The van der Waals surface area contributed by atoms with E-state index in [1.54, 1.807) is 31.2 Å². The van der Waals surface area contributed by atoms with E-state index < -0.39 is 16.8 Å². The first-order chi connectivity index (χ1) is 13.3. The minimum Gasteiger partial charge on any atom is -0.465 e. The highest BCUT2D eigenvalue weighted by atomic mass is 16.6. The Hall–Kier alpha value is -3.73. The molecule has 0 aliphatic rings. The lowest BCUT2D eigenvalue weighted by atomic mass is 10.0. The van der Waals surface area contributed by atoms with Crippen molar-refractivity contribution in [2.45, 2.75) is 19.9 Å². The Morgan fingerprint density at radius 3 is 2.32 bits per heavy atom. The lowest BCUT2D eigenvalue weighted by Gasteiger charge is -2.28. The molecule has 8 nitrogen and oxygen atoms in total. The molecule has 1 amide bonds. The number of nitro groups is 1. The lowest BCUT2D eigenvalue weighted by Crippen LogP contribution is -2.33. The summed E-state index contributed by atoms with van der Waals surface area (Å²) in [6, 6.07) is 12.0. The number of nitriles is 1. The highest BCUT2D eigenvalue weighted by Crippen LogP contribution is 2.25. The largest absolute Gasteiger partial charge is 0.465 e. The van der Waals surface area contributed by atoms with E-state index in [0.29, 0.717) is 12.1 Å². The average molecular weight is 381 g/mol. The summed E-state index contributed by atoms with van der Waals surface area (Å²) in [5, 5.41) is 20.1. The summed E-state index contributed by atoms with van der Waals surface area (Å²) >= 11 is 0. The zero-order valence-electron chi connectivity index (χ0n) is 15.7. The summed E-state index contributed by atoms with van der Waals surface area (Å²) in [5.41, 5.74) is 0.909. The number of ether oxygens (including phenoxy) is 1. The van der Waals surface area contributed by atoms with E-state index in [1.807, 2.05) is 13.0 Å². The highest BCUT2D eigenvalue weighted by molar-refractivity contribution is 5.99. The monoisotopic (exact) mass is 381 g/mol. The average Bonchev–Trinajstić information content (AvgIpc) is 2.73. The second-order valence-electron chi connectivity index (χ2n) is 6.02. The zero-order chi connectivity index (χ0) is 20.8. The Bertz CT molecular complexity index is 947. The second-order valence-corrected chi connectivity index (χ2v) is 6.02. The second kappa shape index (κ2) is 8.77. The highest BCUT2D eigenvalue weighted by Gasteiger charge is 2.25. The molecule has 0 aliphatic heterocycles. The molecule has 0 radical (unpaired) electrons. The van der Waals surface area contributed by atoms with E-state index >= 15 is 0 Å². The molecule has 1 atom stereocenters. The van der Waals surface area contributed by atoms with Crippen molar-refractivity contribution in [2.75, 3.05) is 13.7 Å². The number of hydrogen-bond acceptors (Lipinski definition) is 6. The molecule has 28 heavy (non-hydrogen) atoms. The Balaban J connectivity index is 2.43. The van der Waals surface area contributed by atoms with Crippen LogP contribution in [-0.2, 0) is 4.74 Å². The van der Waals surface area contributed by atoms with Crippen LogP contribution in [-0.4, -0.2) is 35.4 Å². The van der Waals surface area contributed by atoms with Crippen LogP contribution >= 0.6 is 0 Å². The third-order valence-electron chi connectivity index (χ3n) is 4.39. The Morgan fingerprint density at radius 1 is 1.21 bits per heavy atom. The fourth-order valence-electron chi connectivity index (χ4n) is 2.85. The number of non-ortho nitro benzene ring substituents is 1. The number of hydrogen-bond donors (Lipinski definition) is 0. The van der Waals surface area contributed by atoms with Crippen molar-refractivity contribution in [1.82, 2.24) is 4.90 Å². The number of esters is 1. The van der Waals surface area contributed by atoms with Crippen LogP contribution in [0.2, 0.25) is 0 Å². The summed E-state index contributed by atoms with van der Waals surface area (Å²) in [4.78, 5) is 36.9. The van der Waals surface area contributed by atoms with Crippen molar-refractivity contribution in [1.29, 1.82) is 5.26 Å². The number of nitrogens with zero attached hydrogens (tertiary/aromatic N) is 3. The van der Waals surface area contributed by atoms with Crippen molar-refractivity contribution >= 4 is 17.6 Å². The van der Waals surface area contributed by atoms with Crippen molar-refractivity contribution in [3.63, 3.8) is 0 Å². The molecule has 2 aromatic carbocycles. The molecule has 0 spiro atoms. The van der Waals surface area contributed by atoms with Crippen molar-refractivity contribution in [3.8, 4) is 6.07 Å². The molecule has 8 heteroatoms. The number of amides is 1. The molecule has 1 unspecified atom stereocenters. The minimum atomic E-state index is -0.763. The predicted octanol–water partition coefficient (Wildman–Crippen LogP) is 3.48. The number of nitro benzene ring substituents is 1. The maximum atomic E-state index is 13.1.